The highest BCUT2D eigenvalue weighted by Crippen LogP contribution is 2.23. The van der Waals surface area contributed by atoms with E-state index in [1.165, 1.54) is 16.2 Å². The number of halogens is 1. The van der Waals surface area contributed by atoms with E-state index in [0.717, 1.165) is 12.2 Å². The van der Waals surface area contributed by atoms with Crippen molar-refractivity contribution in [2.45, 2.75) is 12.5 Å². The van der Waals surface area contributed by atoms with Gasteiger partial charge in [-0.15, -0.1) is 0 Å². The van der Waals surface area contributed by atoms with Crippen molar-refractivity contribution < 1.29 is 4.79 Å². The Bertz CT molecular complexity index is 128. The number of hydrogen-bond acceptors (Lipinski definition) is 3. The summed E-state index contributed by atoms with van der Waals surface area (Å²) >= 11 is 6.95. The monoisotopic (exact) mass is 165 g/mol. The lowest BCUT2D eigenvalue weighted by Crippen LogP contribution is -2.26. The molecule has 0 aromatic heterocycles. The molecule has 1 heterocycles. The molecule has 1 atom stereocenters. The fourth-order valence-electron chi connectivity index (χ4n) is 0.808. The third-order valence-electron chi connectivity index (χ3n) is 1.34. The normalized spacial score (nSPS) is 27.9. The van der Waals surface area contributed by atoms with E-state index in [0.29, 0.717) is 0 Å². The van der Waals surface area contributed by atoms with Crippen LogP contribution in [0.4, 0.5) is 0 Å². The first-order valence-corrected chi connectivity index (χ1v) is 4.09. The number of carbonyl (C=O) groups excluding carboxylic acids is 1. The van der Waals surface area contributed by atoms with E-state index >= 15 is 0 Å². The SMILES string of the molecule is CN(Cl)C1CCSC1=O. The summed E-state index contributed by atoms with van der Waals surface area (Å²) in [4.78, 5) is 10.9. The highest BCUT2D eigenvalue weighted by atomic mass is 35.5. The Balaban J connectivity index is 2.49. The molecule has 1 unspecified atom stereocenters. The molecule has 0 aliphatic carbocycles. The van der Waals surface area contributed by atoms with Gasteiger partial charge in [-0.25, -0.2) is 4.42 Å². The fraction of sp³-hybridized carbons (Fsp3) is 0.800. The van der Waals surface area contributed by atoms with Crippen LogP contribution in [0, 0.1) is 0 Å². The summed E-state index contributed by atoms with van der Waals surface area (Å²) in [7, 11) is 1.72. The standard InChI is InChI=1S/C5H8ClNOS/c1-7(6)4-2-3-9-5(4)8/h4H,2-3H2,1H3. The van der Waals surface area contributed by atoms with Crippen LogP contribution in [-0.2, 0) is 4.79 Å². The van der Waals surface area contributed by atoms with Crippen molar-refractivity contribution in [1.29, 1.82) is 0 Å². The first-order valence-electron chi connectivity index (χ1n) is 2.77. The smallest absolute Gasteiger partial charge is 0.207 e. The molecule has 0 spiro atoms. The molecule has 1 saturated heterocycles. The third kappa shape index (κ3) is 1.60. The van der Waals surface area contributed by atoms with E-state index < -0.39 is 0 Å². The number of hydrogen-bond donors (Lipinski definition) is 0. The first-order chi connectivity index (χ1) is 4.22. The first kappa shape index (κ1) is 7.38. The minimum absolute atomic E-state index is 0.0448. The van der Waals surface area contributed by atoms with Crippen molar-refractivity contribution in [3.05, 3.63) is 0 Å². The number of nitrogens with zero attached hydrogens (tertiary/aromatic N) is 1. The summed E-state index contributed by atoms with van der Waals surface area (Å²) < 4.78 is 1.46. The Morgan fingerprint density at radius 2 is 2.56 bits per heavy atom. The zero-order valence-electron chi connectivity index (χ0n) is 5.13. The summed E-state index contributed by atoms with van der Waals surface area (Å²) in [6.07, 6.45) is 0.892. The summed E-state index contributed by atoms with van der Waals surface area (Å²) in [6.45, 7) is 0. The van der Waals surface area contributed by atoms with Crippen molar-refractivity contribution in [3.8, 4) is 0 Å². The number of likely N-dealkylation sites (N-methyl/N-ethyl adjacent to an activating group) is 1. The molecule has 0 aromatic rings. The summed E-state index contributed by atoms with van der Waals surface area (Å²) in [6, 6.07) is -0.0448. The Hall–Kier alpha value is 0.270. The molecule has 1 fully saturated rings. The molecule has 0 radical (unpaired) electrons. The molecule has 9 heavy (non-hydrogen) atoms. The van der Waals surface area contributed by atoms with Gasteiger partial charge in [0, 0.05) is 12.8 Å². The largest absolute Gasteiger partial charge is 0.285 e. The highest BCUT2D eigenvalue weighted by Gasteiger charge is 2.27. The van der Waals surface area contributed by atoms with E-state index in [9.17, 15) is 4.79 Å². The van der Waals surface area contributed by atoms with Crippen LogP contribution in [0.25, 0.3) is 0 Å². The van der Waals surface area contributed by atoms with Crippen molar-refractivity contribution >= 4 is 28.7 Å². The van der Waals surface area contributed by atoms with Crippen molar-refractivity contribution in [3.63, 3.8) is 0 Å². The predicted molar refractivity (Wildman–Crippen MR) is 39.5 cm³/mol. The van der Waals surface area contributed by atoms with E-state index in [1.807, 2.05) is 0 Å². The molecule has 4 heteroatoms. The average Bonchev–Trinajstić information content (AvgIpc) is 2.13. The van der Waals surface area contributed by atoms with Crippen LogP contribution >= 0.6 is 23.5 Å². The Morgan fingerprint density at radius 3 is 2.78 bits per heavy atom. The molecule has 1 aliphatic rings. The summed E-state index contributed by atoms with van der Waals surface area (Å²) in [5.74, 6) is 0.917. The van der Waals surface area contributed by atoms with Crippen LogP contribution in [0.5, 0.6) is 0 Å². The van der Waals surface area contributed by atoms with Gasteiger partial charge in [0.1, 0.15) is 0 Å². The summed E-state index contributed by atoms with van der Waals surface area (Å²) in [5, 5.41) is 0.201. The third-order valence-corrected chi connectivity index (χ3v) is 2.57. The Kier molecular flexibility index (Phi) is 2.38. The van der Waals surface area contributed by atoms with Gasteiger partial charge < -0.3 is 0 Å². The maximum atomic E-state index is 10.9. The average molecular weight is 166 g/mol. The molecule has 1 aliphatic heterocycles. The van der Waals surface area contributed by atoms with Crippen LogP contribution in [0.2, 0.25) is 0 Å². The van der Waals surface area contributed by atoms with Gasteiger partial charge in [0.15, 0.2) is 0 Å². The number of rotatable bonds is 1. The molecule has 0 amide bonds. The maximum absolute atomic E-state index is 10.9. The van der Waals surface area contributed by atoms with E-state index in [2.05, 4.69) is 0 Å². The fourth-order valence-corrected chi connectivity index (χ4v) is 2.06. The molecule has 0 N–H and O–H groups in total. The minimum Gasteiger partial charge on any atom is -0.285 e. The van der Waals surface area contributed by atoms with Crippen LogP contribution < -0.4 is 0 Å². The second kappa shape index (κ2) is 2.90. The lowest BCUT2D eigenvalue weighted by molar-refractivity contribution is -0.113. The molecule has 1 rings (SSSR count). The predicted octanol–water partition coefficient (Wildman–Crippen LogP) is 1.10. The van der Waals surface area contributed by atoms with Gasteiger partial charge in [0.25, 0.3) is 0 Å². The van der Waals surface area contributed by atoms with E-state index in [4.69, 9.17) is 11.8 Å². The van der Waals surface area contributed by atoms with Gasteiger partial charge in [-0.3, -0.25) is 4.79 Å². The molecule has 0 aromatic carbocycles. The lowest BCUT2D eigenvalue weighted by atomic mass is 10.3. The van der Waals surface area contributed by atoms with Crippen LogP contribution in [0.3, 0.4) is 0 Å². The van der Waals surface area contributed by atoms with Gasteiger partial charge in [-0.2, -0.15) is 0 Å². The topological polar surface area (TPSA) is 20.3 Å². The maximum Gasteiger partial charge on any atom is 0.207 e. The highest BCUT2D eigenvalue weighted by molar-refractivity contribution is 8.14. The van der Waals surface area contributed by atoms with Gasteiger partial charge in [0.05, 0.1) is 6.04 Å². The van der Waals surface area contributed by atoms with Gasteiger partial charge in [0.2, 0.25) is 5.12 Å². The molecular formula is C5H8ClNOS. The van der Waals surface area contributed by atoms with Crippen molar-refractivity contribution in [2.24, 2.45) is 0 Å². The van der Waals surface area contributed by atoms with Crippen molar-refractivity contribution in [1.82, 2.24) is 4.42 Å². The quantitative estimate of drug-likeness (QED) is 0.543. The molecule has 2 nitrogen and oxygen atoms in total. The second-order valence-corrected chi connectivity index (χ2v) is 3.63. The molecule has 52 valence electrons. The Labute approximate surface area is 63.7 Å². The number of thioether (sulfide) groups is 1. The van der Waals surface area contributed by atoms with Gasteiger partial charge >= 0.3 is 0 Å². The molecular weight excluding hydrogens is 158 g/mol. The van der Waals surface area contributed by atoms with Crippen molar-refractivity contribution in [2.75, 3.05) is 12.8 Å². The summed E-state index contributed by atoms with van der Waals surface area (Å²) in [5.41, 5.74) is 0. The zero-order chi connectivity index (χ0) is 6.85. The minimum atomic E-state index is -0.0448. The van der Waals surface area contributed by atoms with Crippen LogP contribution in [0.1, 0.15) is 6.42 Å². The molecule has 0 bridgehead atoms. The lowest BCUT2D eigenvalue weighted by Gasteiger charge is -2.11. The van der Waals surface area contributed by atoms with Gasteiger partial charge in [-0.05, 0) is 18.2 Å². The Morgan fingerprint density at radius 1 is 1.89 bits per heavy atom. The molecule has 0 saturated carbocycles. The van der Waals surface area contributed by atoms with Gasteiger partial charge in [-0.1, -0.05) is 11.8 Å². The van der Waals surface area contributed by atoms with Crippen LogP contribution in [-0.4, -0.2) is 28.4 Å². The van der Waals surface area contributed by atoms with Crippen LogP contribution in [0.15, 0.2) is 0 Å². The van der Waals surface area contributed by atoms with E-state index in [-0.39, 0.29) is 11.2 Å². The number of carbonyl (C=O) groups is 1. The zero-order valence-corrected chi connectivity index (χ0v) is 6.71. The second-order valence-electron chi connectivity index (χ2n) is 2.00. The van der Waals surface area contributed by atoms with E-state index in [1.54, 1.807) is 7.05 Å².